The number of aromatic nitrogens is 1. The maximum atomic E-state index is 2.47. The average molecular weight is 393 g/mol. The second kappa shape index (κ2) is 5.44. The minimum atomic E-state index is 1.02. The van der Waals surface area contributed by atoms with Gasteiger partial charge in [-0.3, -0.25) is 0 Å². The molecule has 0 saturated heterocycles. The average Bonchev–Trinajstić information content (AvgIpc) is 3.51. The third-order valence-corrected chi connectivity index (χ3v) is 7.41. The minimum absolute atomic E-state index is 1.02. The molecule has 8 rings (SSSR count). The van der Waals surface area contributed by atoms with Gasteiger partial charge >= 0.3 is 0 Å². The van der Waals surface area contributed by atoms with Crippen LogP contribution in [0.3, 0.4) is 0 Å². The van der Waals surface area contributed by atoms with Crippen molar-refractivity contribution in [2.75, 3.05) is 0 Å². The molecule has 1 nitrogen and oxygen atoms in total. The molecule has 1 heteroatoms. The SMILES string of the molecule is c1ccc2c(c1)Cc1cc3c(cc1-2)Cc1cc2c(cc1-3)c1ccccc1n1cccc21. The Morgan fingerprint density at radius 3 is 2.03 bits per heavy atom. The fourth-order valence-corrected chi connectivity index (χ4v) is 6.03. The van der Waals surface area contributed by atoms with E-state index >= 15 is 0 Å². The van der Waals surface area contributed by atoms with Gasteiger partial charge in [0.1, 0.15) is 0 Å². The van der Waals surface area contributed by atoms with Crippen molar-refractivity contribution in [2.45, 2.75) is 12.8 Å². The van der Waals surface area contributed by atoms with Gasteiger partial charge in [0, 0.05) is 17.0 Å². The van der Waals surface area contributed by atoms with Crippen LogP contribution in [0.15, 0.2) is 91.1 Å². The summed E-state index contributed by atoms with van der Waals surface area (Å²) in [5.74, 6) is 0. The summed E-state index contributed by atoms with van der Waals surface area (Å²) in [5, 5.41) is 4.04. The fourth-order valence-electron chi connectivity index (χ4n) is 6.03. The number of hydrogen-bond donors (Lipinski definition) is 0. The van der Waals surface area contributed by atoms with Crippen molar-refractivity contribution in [3.05, 3.63) is 113 Å². The van der Waals surface area contributed by atoms with Crippen LogP contribution in [0.1, 0.15) is 22.3 Å². The van der Waals surface area contributed by atoms with Gasteiger partial charge in [0.15, 0.2) is 0 Å². The molecular formula is C30H19N. The Bertz CT molecular complexity index is 1730. The summed E-state index contributed by atoms with van der Waals surface area (Å²) in [6.45, 7) is 0. The summed E-state index contributed by atoms with van der Waals surface area (Å²) in [4.78, 5) is 0. The molecule has 6 aromatic rings. The monoisotopic (exact) mass is 393 g/mol. The van der Waals surface area contributed by atoms with Crippen LogP contribution in [0.4, 0.5) is 0 Å². The zero-order chi connectivity index (χ0) is 20.1. The van der Waals surface area contributed by atoms with Crippen molar-refractivity contribution in [3.8, 4) is 22.3 Å². The minimum Gasteiger partial charge on any atom is -0.316 e. The molecule has 0 N–H and O–H groups in total. The number of pyridine rings is 1. The molecular weight excluding hydrogens is 374 g/mol. The third kappa shape index (κ3) is 1.96. The van der Waals surface area contributed by atoms with Crippen LogP contribution >= 0.6 is 0 Å². The van der Waals surface area contributed by atoms with E-state index in [1.54, 1.807) is 0 Å². The van der Waals surface area contributed by atoms with Crippen LogP contribution in [0.5, 0.6) is 0 Å². The zero-order valence-corrected chi connectivity index (χ0v) is 17.0. The molecule has 2 heterocycles. The predicted octanol–water partition coefficient (Wildman–Crippen LogP) is 7.39. The largest absolute Gasteiger partial charge is 0.316 e. The molecule has 2 aliphatic carbocycles. The van der Waals surface area contributed by atoms with Crippen LogP contribution in [0.2, 0.25) is 0 Å². The first-order valence-electron chi connectivity index (χ1n) is 11.0. The molecule has 0 atom stereocenters. The van der Waals surface area contributed by atoms with E-state index in [0.717, 1.165) is 12.8 Å². The Morgan fingerprint density at radius 2 is 1.10 bits per heavy atom. The lowest BCUT2D eigenvalue weighted by atomic mass is 9.96. The van der Waals surface area contributed by atoms with E-state index in [2.05, 4.69) is 95.5 Å². The standard InChI is InChI=1S/C30H19N/c1-2-7-22-18(6-1)12-19-15-25-20(14-24(19)22)13-21-16-28-27(17-26(21)25)23-8-3-4-9-29(23)31-11-5-10-30(28)31/h1-11,14-17H,12-13H2. The number of para-hydroxylation sites is 1. The molecule has 0 unspecified atom stereocenters. The maximum Gasteiger partial charge on any atom is 0.0535 e. The highest BCUT2D eigenvalue weighted by Crippen LogP contribution is 2.46. The molecule has 0 saturated carbocycles. The highest BCUT2D eigenvalue weighted by molar-refractivity contribution is 6.14. The number of benzene rings is 4. The quantitative estimate of drug-likeness (QED) is 0.237. The van der Waals surface area contributed by atoms with Crippen molar-refractivity contribution in [1.29, 1.82) is 0 Å². The molecule has 0 fully saturated rings. The molecule has 0 radical (unpaired) electrons. The van der Waals surface area contributed by atoms with Crippen LogP contribution in [0, 0.1) is 0 Å². The van der Waals surface area contributed by atoms with Gasteiger partial charge in [0.25, 0.3) is 0 Å². The van der Waals surface area contributed by atoms with Gasteiger partial charge in [0.05, 0.1) is 11.0 Å². The molecule has 0 aliphatic heterocycles. The number of hydrogen-bond acceptors (Lipinski definition) is 0. The smallest absolute Gasteiger partial charge is 0.0535 e. The highest BCUT2D eigenvalue weighted by Gasteiger charge is 2.26. The van der Waals surface area contributed by atoms with Gasteiger partial charge in [-0.25, -0.2) is 0 Å². The number of nitrogens with zero attached hydrogens (tertiary/aromatic N) is 1. The number of fused-ring (bicyclic) bond motifs is 12. The van der Waals surface area contributed by atoms with Gasteiger partial charge < -0.3 is 4.40 Å². The van der Waals surface area contributed by atoms with Crippen molar-refractivity contribution < 1.29 is 0 Å². The van der Waals surface area contributed by atoms with Gasteiger partial charge in [-0.1, -0.05) is 42.5 Å². The third-order valence-electron chi connectivity index (χ3n) is 7.41. The van der Waals surface area contributed by atoms with Crippen LogP contribution in [-0.4, -0.2) is 4.40 Å². The molecule has 0 amide bonds. The molecule has 4 aromatic carbocycles. The van der Waals surface area contributed by atoms with E-state index in [4.69, 9.17) is 0 Å². The Kier molecular flexibility index (Phi) is 2.80. The Labute approximate surface area is 180 Å². The first-order chi connectivity index (χ1) is 15.3. The molecule has 31 heavy (non-hydrogen) atoms. The summed E-state index contributed by atoms with van der Waals surface area (Å²) in [7, 11) is 0. The molecule has 2 aliphatic rings. The van der Waals surface area contributed by atoms with E-state index in [-0.39, 0.29) is 0 Å². The second-order valence-corrected chi connectivity index (χ2v) is 9.01. The second-order valence-electron chi connectivity index (χ2n) is 9.01. The van der Waals surface area contributed by atoms with Crippen molar-refractivity contribution >= 4 is 27.2 Å². The Balaban J connectivity index is 1.43. The van der Waals surface area contributed by atoms with Gasteiger partial charge in [0.2, 0.25) is 0 Å². The molecule has 0 spiro atoms. The summed E-state index contributed by atoms with van der Waals surface area (Å²) in [5.41, 5.74) is 14.1. The van der Waals surface area contributed by atoms with E-state index in [9.17, 15) is 0 Å². The lowest BCUT2D eigenvalue weighted by Crippen LogP contribution is -1.91. The normalized spacial score (nSPS) is 13.5. The zero-order valence-electron chi connectivity index (χ0n) is 17.0. The number of rotatable bonds is 0. The van der Waals surface area contributed by atoms with Gasteiger partial charge in [-0.15, -0.1) is 0 Å². The lowest BCUT2D eigenvalue weighted by Gasteiger charge is -2.12. The molecule has 2 aromatic heterocycles. The Morgan fingerprint density at radius 1 is 0.452 bits per heavy atom. The van der Waals surface area contributed by atoms with E-state index in [1.165, 1.54) is 71.7 Å². The lowest BCUT2D eigenvalue weighted by molar-refractivity contribution is 1.24. The van der Waals surface area contributed by atoms with E-state index < -0.39 is 0 Å². The first-order valence-corrected chi connectivity index (χ1v) is 11.0. The van der Waals surface area contributed by atoms with E-state index in [1.807, 2.05) is 0 Å². The van der Waals surface area contributed by atoms with Gasteiger partial charge in [-0.2, -0.15) is 0 Å². The van der Waals surface area contributed by atoms with Crippen molar-refractivity contribution in [1.82, 2.24) is 4.40 Å². The molecule has 0 bridgehead atoms. The van der Waals surface area contributed by atoms with Crippen LogP contribution in [-0.2, 0) is 12.8 Å². The first kappa shape index (κ1) is 15.9. The summed E-state index contributed by atoms with van der Waals surface area (Å²) >= 11 is 0. The van der Waals surface area contributed by atoms with Crippen LogP contribution < -0.4 is 0 Å². The Hall–Kier alpha value is -3.84. The van der Waals surface area contributed by atoms with Crippen molar-refractivity contribution in [2.24, 2.45) is 0 Å². The molecule has 144 valence electrons. The van der Waals surface area contributed by atoms with E-state index in [0.29, 0.717) is 0 Å². The summed E-state index contributed by atoms with van der Waals surface area (Å²) < 4.78 is 2.33. The summed E-state index contributed by atoms with van der Waals surface area (Å²) in [6, 6.07) is 31.9. The topological polar surface area (TPSA) is 4.41 Å². The summed E-state index contributed by atoms with van der Waals surface area (Å²) in [6.07, 6.45) is 4.26. The fraction of sp³-hybridized carbons (Fsp3) is 0.0667. The van der Waals surface area contributed by atoms with Gasteiger partial charge in [-0.05, 0) is 105 Å². The highest BCUT2D eigenvalue weighted by atomic mass is 14.9. The predicted molar refractivity (Wildman–Crippen MR) is 129 cm³/mol. The maximum absolute atomic E-state index is 2.47. The van der Waals surface area contributed by atoms with Crippen molar-refractivity contribution in [3.63, 3.8) is 0 Å². The van der Waals surface area contributed by atoms with Crippen LogP contribution in [0.25, 0.3) is 49.4 Å².